The van der Waals surface area contributed by atoms with Crippen LogP contribution in [0.3, 0.4) is 0 Å². The number of benzene rings is 2. The number of fused-ring (bicyclic) bond motifs is 1. The minimum atomic E-state index is -0.414. The van der Waals surface area contributed by atoms with Crippen molar-refractivity contribution < 1.29 is 9.59 Å². The van der Waals surface area contributed by atoms with Crippen LogP contribution in [0.15, 0.2) is 60.8 Å². The number of halogens is 1. The highest BCUT2D eigenvalue weighted by atomic mass is 35.5. The zero-order valence-electron chi connectivity index (χ0n) is 18.6. The molecule has 0 aliphatic carbocycles. The van der Waals surface area contributed by atoms with E-state index in [0.717, 1.165) is 28.9 Å². The Morgan fingerprint density at radius 3 is 2.67 bits per heavy atom. The molecule has 2 atom stereocenters. The van der Waals surface area contributed by atoms with Crippen LogP contribution in [0.4, 0.5) is 0 Å². The highest BCUT2D eigenvalue weighted by Gasteiger charge is 2.53. The summed E-state index contributed by atoms with van der Waals surface area (Å²) in [5, 5.41) is 5.49. The summed E-state index contributed by atoms with van der Waals surface area (Å²) < 4.78 is 1.84. The zero-order chi connectivity index (χ0) is 23.2. The first-order chi connectivity index (χ1) is 15.9. The molecule has 0 saturated carbocycles. The minimum Gasteiger partial charge on any atom is -0.339 e. The molecule has 3 aromatic rings. The van der Waals surface area contributed by atoms with Gasteiger partial charge in [-0.05, 0) is 37.6 Å². The maximum atomic E-state index is 13.4. The minimum absolute atomic E-state index is 0.0315. The van der Waals surface area contributed by atoms with E-state index >= 15 is 0 Å². The smallest absolute Gasteiger partial charge is 0.246 e. The summed E-state index contributed by atoms with van der Waals surface area (Å²) in [5.41, 5.74) is 3.61. The summed E-state index contributed by atoms with van der Waals surface area (Å²) in [6.45, 7) is 2.46. The molecule has 1 aromatic heterocycles. The van der Waals surface area contributed by atoms with Gasteiger partial charge in [-0.3, -0.25) is 9.59 Å². The monoisotopic (exact) mass is 480 g/mol. The Bertz CT molecular complexity index is 1200. The Hall–Kier alpha value is -2.77. The van der Waals surface area contributed by atoms with Crippen LogP contribution < -0.4 is 0 Å². The van der Waals surface area contributed by atoms with Crippen molar-refractivity contribution in [3.05, 3.63) is 71.4 Å². The Labute approximate surface area is 202 Å². The van der Waals surface area contributed by atoms with Crippen LogP contribution >= 0.6 is 23.4 Å². The third-order valence-corrected chi connectivity index (χ3v) is 8.20. The molecule has 0 N–H and O–H groups in total. The molecule has 5 rings (SSSR count). The number of hydrogen-bond donors (Lipinski definition) is 0. The summed E-state index contributed by atoms with van der Waals surface area (Å²) in [7, 11) is 1.80. The summed E-state index contributed by atoms with van der Waals surface area (Å²) in [6, 6.07) is 17.0. The van der Waals surface area contributed by atoms with Crippen LogP contribution in [-0.2, 0) is 16.1 Å². The van der Waals surface area contributed by atoms with Crippen molar-refractivity contribution in [2.24, 2.45) is 0 Å². The van der Waals surface area contributed by atoms with Crippen molar-refractivity contribution in [2.75, 3.05) is 12.8 Å². The molecule has 170 valence electrons. The van der Waals surface area contributed by atoms with Gasteiger partial charge in [-0.2, -0.15) is 5.10 Å². The fraction of sp³-hybridized carbons (Fsp3) is 0.320. The van der Waals surface area contributed by atoms with Crippen LogP contribution in [0.2, 0.25) is 5.02 Å². The van der Waals surface area contributed by atoms with Crippen molar-refractivity contribution >= 4 is 35.2 Å². The number of carbonyl (C=O) groups is 2. The first kappa shape index (κ1) is 22.0. The van der Waals surface area contributed by atoms with Crippen LogP contribution in [0.1, 0.15) is 25.3 Å². The third kappa shape index (κ3) is 4.04. The molecule has 2 aromatic carbocycles. The Balaban J connectivity index is 1.44. The van der Waals surface area contributed by atoms with Gasteiger partial charge in [-0.25, -0.2) is 4.68 Å². The number of para-hydroxylation sites is 1. The molecule has 3 heterocycles. The first-order valence-corrected chi connectivity index (χ1v) is 12.3. The van der Waals surface area contributed by atoms with Crippen LogP contribution in [0.25, 0.3) is 16.9 Å². The third-order valence-electron chi connectivity index (χ3n) is 6.44. The average molecular weight is 481 g/mol. The van der Waals surface area contributed by atoms with Gasteiger partial charge in [-0.1, -0.05) is 41.9 Å². The van der Waals surface area contributed by atoms with Gasteiger partial charge in [0.2, 0.25) is 11.8 Å². The number of aromatic nitrogens is 2. The lowest BCUT2D eigenvalue weighted by Gasteiger charge is -2.31. The van der Waals surface area contributed by atoms with Gasteiger partial charge < -0.3 is 9.80 Å². The summed E-state index contributed by atoms with van der Waals surface area (Å²) in [4.78, 5) is 29.2. The lowest BCUT2D eigenvalue weighted by molar-refractivity contribution is -0.143. The molecule has 6 nitrogen and oxygen atoms in total. The second-order valence-corrected chi connectivity index (χ2v) is 10.7. The number of hydrogen-bond acceptors (Lipinski definition) is 4. The molecule has 2 aliphatic rings. The number of rotatable bonds is 5. The van der Waals surface area contributed by atoms with E-state index in [1.54, 1.807) is 23.7 Å². The average Bonchev–Trinajstić information content (AvgIpc) is 3.48. The normalized spacial score (nSPS) is 22.0. The molecule has 2 amide bonds. The van der Waals surface area contributed by atoms with Gasteiger partial charge in [0, 0.05) is 48.1 Å². The predicted molar refractivity (Wildman–Crippen MR) is 131 cm³/mol. The fourth-order valence-corrected chi connectivity index (χ4v) is 6.23. The van der Waals surface area contributed by atoms with Gasteiger partial charge >= 0.3 is 0 Å². The molecule has 2 unspecified atom stereocenters. The van der Waals surface area contributed by atoms with Crippen LogP contribution in [0, 0.1) is 0 Å². The topological polar surface area (TPSA) is 58.4 Å². The van der Waals surface area contributed by atoms with Crippen molar-refractivity contribution in [1.82, 2.24) is 19.6 Å². The summed E-state index contributed by atoms with van der Waals surface area (Å²) in [6.07, 6.45) is 3.29. The van der Waals surface area contributed by atoms with Crippen molar-refractivity contribution in [2.45, 2.75) is 37.2 Å². The molecule has 2 aliphatic heterocycles. The van der Waals surface area contributed by atoms with Crippen LogP contribution in [0.5, 0.6) is 0 Å². The molecule has 0 bridgehead atoms. The Morgan fingerprint density at radius 2 is 1.94 bits per heavy atom. The summed E-state index contributed by atoms with van der Waals surface area (Å²) in [5.74, 6) is 0.683. The lowest BCUT2D eigenvalue weighted by Crippen LogP contribution is -2.50. The molecule has 0 spiro atoms. The van der Waals surface area contributed by atoms with Gasteiger partial charge in [0.1, 0.15) is 6.04 Å². The van der Waals surface area contributed by atoms with E-state index in [1.165, 1.54) is 0 Å². The highest BCUT2D eigenvalue weighted by molar-refractivity contribution is 8.01. The van der Waals surface area contributed by atoms with E-state index in [9.17, 15) is 9.59 Å². The molecule has 0 radical (unpaired) electrons. The molecule has 2 saturated heterocycles. The molecular formula is C25H25ClN4O2S. The van der Waals surface area contributed by atoms with Gasteiger partial charge in [0.15, 0.2) is 0 Å². The number of thioether (sulfide) groups is 1. The first-order valence-electron chi connectivity index (χ1n) is 11.0. The van der Waals surface area contributed by atoms with Gasteiger partial charge in [0.25, 0.3) is 0 Å². The van der Waals surface area contributed by atoms with Crippen molar-refractivity contribution in [1.29, 1.82) is 0 Å². The number of likely N-dealkylation sites (N-methyl/N-ethyl adjacent to an activating group) is 1. The number of nitrogens with zero attached hydrogens (tertiary/aromatic N) is 4. The van der Waals surface area contributed by atoms with Crippen LogP contribution in [-0.4, -0.2) is 55.1 Å². The Morgan fingerprint density at radius 1 is 1.21 bits per heavy atom. The number of carbonyl (C=O) groups excluding carboxylic acids is 2. The van der Waals surface area contributed by atoms with E-state index in [0.29, 0.717) is 23.7 Å². The van der Waals surface area contributed by atoms with Gasteiger partial charge in [-0.15, -0.1) is 11.8 Å². The molecule has 8 heteroatoms. The Kier molecular flexibility index (Phi) is 5.70. The van der Waals surface area contributed by atoms with E-state index in [-0.39, 0.29) is 16.7 Å². The van der Waals surface area contributed by atoms with Gasteiger partial charge in [0.05, 0.1) is 16.3 Å². The van der Waals surface area contributed by atoms with Crippen molar-refractivity contribution in [3.8, 4) is 16.9 Å². The molecule has 2 fully saturated rings. The van der Waals surface area contributed by atoms with E-state index in [1.807, 2.05) is 70.4 Å². The second-order valence-electron chi connectivity index (χ2n) is 8.75. The fourth-order valence-electron chi connectivity index (χ4n) is 4.68. The quantitative estimate of drug-likeness (QED) is 0.535. The molecular weight excluding hydrogens is 456 g/mol. The summed E-state index contributed by atoms with van der Waals surface area (Å²) >= 11 is 7.80. The maximum Gasteiger partial charge on any atom is 0.246 e. The standard InChI is InChI=1S/C25H25ClN4O2S/c1-25-13-12-22(31)30(25)21(16-33-25)24(32)28(2)14-18-15-29(20-6-4-3-5-7-20)27-23(18)17-8-10-19(26)11-9-17/h3-11,15,21H,12-14,16H2,1-2H3. The highest BCUT2D eigenvalue weighted by Crippen LogP contribution is 2.47. The zero-order valence-corrected chi connectivity index (χ0v) is 20.1. The number of amides is 2. The lowest BCUT2D eigenvalue weighted by atomic mass is 10.1. The second kappa shape index (κ2) is 8.54. The maximum absolute atomic E-state index is 13.4. The molecule has 33 heavy (non-hydrogen) atoms. The largest absolute Gasteiger partial charge is 0.339 e. The van der Waals surface area contributed by atoms with E-state index < -0.39 is 6.04 Å². The van der Waals surface area contributed by atoms with E-state index in [2.05, 4.69) is 6.92 Å². The van der Waals surface area contributed by atoms with Crippen molar-refractivity contribution in [3.63, 3.8) is 0 Å². The predicted octanol–water partition coefficient (Wildman–Crippen LogP) is 4.61. The van der Waals surface area contributed by atoms with E-state index in [4.69, 9.17) is 16.7 Å². The SMILES string of the molecule is CN(Cc1cn(-c2ccccc2)nc1-c1ccc(Cl)cc1)C(=O)C1CSC2(C)CCC(=O)N12.